The van der Waals surface area contributed by atoms with Crippen LogP contribution in [0.25, 0.3) is 0 Å². The second kappa shape index (κ2) is 5.78. The lowest BCUT2D eigenvalue weighted by molar-refractivity contribution is -0.120. The number of nitrogens with one attached hydrogen (secondary N) is 2. The lowest BCUT2D eigenvalue weighted by Crippen LogP contribution is -2.37. The maximum atomic E-state index is 11.4. The van der Waals surface area contributed by atoms with E-state index in [1.165, 1.54) is 0 Å². The van der Waals surface area contributed by atoms with Crippen molar-refractivity contribution in [1.82, 2.24) is 10.6 Å². The van der Waals surface area contributed by atoms with E-state index in [4.69, 9.17) is 0 Å². The van der Waals surface area contributed by atoms with Crippen molar-refractivity contribution in [2.24, 2.45) is 0 Å². The maximum Gasteiger partial charge on any atom is 0.225 e. The molecule has 1 rings (SSSR count). The van der Waals surface area contributed by atoms with Crippen molar-refractivity contribution in [3.8, 4) is 0 Å². The van der Waals surface area contributed by atoms with Crippen LogP contribution in [0, 0.1) is 0 Å². The number of hydrogen-bond acceptors (Lipinski definition) is 3. The summed E-state index contributed by atoms with van der Waals surface area (Å²) in [4.78, 5) is 12.5. The highest BCUT2D eigenvalue weighted by Gasteiger charge is 2.05. The maximum absolute atomic E-state index is 11.4. The molecule has 0 aliphatic rings. The minimum atomic E-state index is 0.0922. The van der Waals surface area contributed by atoms with Gasteiger partial charge in [-0.05, 0) is 25.4 Å². The first kappa shape index (κ1) is 11.2. The Labute approximate surface area is 88.5 Å². The van der Waals surface area contributed by atoms with E-state index in [2.05, 4.69) is 10.6 Å². The Morgan fingerprint density at radius 3 is 3.00 bits per heavy atom. The summed E-state index contributed by atoms with van der Waals surface area (Å²) < 4.78 is 0. The minimum Gasteiger partial charge on any atom is -0.354 e. The van der Waals surface area contributed by atoms with Gasteiger partial charge in [-0.25, -0.2) is 0 Å². The highest BCUT2D eigenvalue weighted by atomic mass is 32.1. The van der Waals surface area contributed by atoms with Crippen LogP contribution >= 0.6 is 11.3 Å². The van der Waals surface area contributed by atoms with E-state index in [-0.39, 0.29) is 5.91 Å². The summed E-state index contributed by atoms with van der Waals surface area (Å²) in [7, 11) is 1.89. The van der Waals surface area contributed by atoms with E-state index >= 15 is 0 Å². The zero-order valence-corrected chi connectivity index (χ0v) is 9.36. The Kier molecular flexibility index (Phi) is 4.62. The molecule has 0 saturated heterocycles. The van der Waals surface area contributed by atoms with E-state index in [0.29, 0.717) is 19.0 Å². The van der Waals surface area contributed by atoms with Gasteiger partial charge in [0.05, 0.1) is 6.42 Å². The number of carbonyl (C=O) groups is 1. The number of amides is 1. The molecule has 0 aromatic carbocycles. The molecular formula is C10H16N2OS. The summed E-state index contributed by atoms with van der Waals surface area (Å²) in [5.41, 5.74) is 0. The SMILES string of the molecule is CNC(C)CNC(=O)Cc1cccs1. The summed E-state index contributed by atoms with van der Waals surface area (Å²) in [6.07, 6.45) is 0.494. The van der Waals surface area contributed by atoms with Crippen LogP contribution in [0.5, 0.6) is 0 Å². The molecule has 3 nitrogen and oxygen atoms in total. The number of hydrogen-bond donors (Lipinski definition) is 2. The zero-order valence-electron chi connectivity index (χ0n) is 8.54. The molecule has 0 spiro atoms. The van der Waals surface area contributed by atoms with Crippen molar-refractivity contribution in [3.63, 3.8) is 0 Å². The highest BCUT2D eigenvalue weighted by molar-refractivity contribution is 7.10. The van der Waals surface area contributed by atoms with Gasteiger partial charge < -0.3 is 10.6 Å². The fraction of sp³-hybridized carbons (Fsp3) is 0.500. The van der Waals surface area contributed by atoms with E-state index in [9.17, 15) is 4.79 Å². The lowest BCUT2D eigenvalue weighted by Gasteiger charge is -2.10. The molecular weight excluding hydrogens is 196 g/mol. The number of likely N-dealkylation sites (N-methyl/N-ethyl adjacent to an activating group) is 1. The van der Waals surface area contributed by atoms with Gasteiger partial charge in [-0.15, -0.1) is 11.3 Å². The summed E-state index contributed by atoms with van der Waals surface area (Å²) in [5.74, 6) is 0.0922. The molecule has 0 aliphatic heterocycles. The van der Waals surface area contributed by atoms with Gasteiger partial charge in [-0.1, -0.05) is 6.07 Å². The Hall–Kier alpha value is -0.870. The molecule has 0 radical (unpaired) electrons. The van der Waals surface area contributed by atoms with Crippen LogP contribution in [-0.4, -0.2) is 25.5 Å². The molecule has 0 saturated carbocycles. The molecule has 1 aromatic rings. The Morgan fingerprint density at radius 2 is 2.43 bits per heavy atom. The number of thiophene rings is 1. The molecule has 1 aromatic heterocycles. The minimum absolute atomic E-state index is 0.0922. The third kappa shape index (κ3) is 3.89. The normalized spacial score (nSPS) is 12.4. The fourth-order valence-corrected chi connectivity index (χ4v) is 1.71. The Bertz CT molecular complexity index is 272. The first-order chi connectivity index (χ1) is 6.72. The highest BCUT2D eigenvalue weighted by Crippen LogP contribution is 2.08. The monoisotopic (exact) mass is 212 g/mol. The van der Waals surface area contributed by atoms with Gasteiger partial charge in [0.2, 0.25) is 5.91 Å². The van der Waals surface area contributed by atoms with Crippen LogP contribution in [0.15, 0.2) is 17.5 Å². The van der Waals surface area contributed by atoms with Crippen LogP contribution in [0.4, 0.5) is 0 Å². The van der Waals surface area contributed by atoms with Gasteiger partial charge in [0.25, 0.3) is 0 Å². The topological polar surface area (TPSA) is 41.1 Å². The fourth-order valence-electron chi connectivity index (χ4n) is 1.00. The van der Waals surface area contributed by atoms with Crippen molar-refractivity contribution in [2.45, 2.75) is 19.4 Å². The molecule has 0 fully saturated rings. The molecule has 1 amide bonds. The lowest BCUT2D eigenvalue weighted by atomic mass is 10.3. The van der Waals surface area contributed by atoms with Gasteiger partial charge >= 0.3 is 0 Å². The zero-order chi connectivity index (χ0) is 10.4. The van der Waals surface area contributed by atoms with Crippen molar-refractivity contribution in [2.75, 3.05) is 13.6 Å². The van der Waals surface area contributed by atoms with E-state index in [1.54, 1.807) is 11.3 Å². The van der Waals surface area contributed by atoms with Crippen LogP contribution in [0.3, 0.4) is 0 Å². The van der Waals surface area contributed by atoms with E-state index in [1.807, 2.05) is 31.5 Å². The summed E-state index contributed by atoms with van der Waals surface area (Å²) in [6.45, 7) is 2.71. The predicted molar refractivity (Wildman–Crippen MR) is 59.6 cm³/mol. The Morgan fingerprint density at radius 1 is 1.64 bits per heavy atom. The third-order valence-electron chi connectivity index (χ3n) is 2.01. The molecule has 1 unspecified atom stereocenters. The van der Waals surface area contributed by atoms with E-state index in [0.717, 1.165) is 4.88 Å². The standard InChI is InChI=1S/C10H16N2OS/c1-8(11-2)7-12-10(13)6-9-4-3-5-14-9/h3-5,8,11H,6-7H2,1-2H3,(H,12,13). The summed E-state index contributed by atoms with van der Waals surface area (Å²) in [6, 6.07) is 4.26. The van der Waals surface area contributed by atoms with Crippen LogP contribution in [0.2, 0.25) is 0 Å². The quantitative estimate of drug-likeness (QED) is 0.765. The molecule has 2 N–H and O–H groups in total. The van der Waals surface area contributed by atoms with Crippen molar-refractivity contribution in [3.05, 3.63) is 22.4 Å². The first-order valence-electron chi connectivity index (χ1n) is 4.68. The van der Waals surface area contributed by atoms with Crippen molar-refractivity contribution >= 4 is 17.2 Å². The molecule has 0 aliphatic carbocycles. The van der Waals surface area contributed by atoms with Gasteiger partial charge in [0.15, 0.2) is 0 Å². The molecule has 1 heterocycles. The smallest absolute Gasteiger partial charge is 0.225 e. The van der Waals surface area contributed by atoms with Crippen molar-refractivity contribution in [1.29, 1.82) is 0 Å². The van der Waals surface area contributed by atoms with Gasteiger partial charge in [-0.3, -0.25) is 4.79 Å². The predicted octanol–water partition coefficient (Wildman–Crippen LogP) is 1.01. The van der Waals surface area contributed by atoms with Gasteiger partial charge in [-0.2, -0.15) is 0 Å². The summed E-state index contributed by atoms with van der Waals surface area (Å²) in [5, 5.41) is 7.93. The first-order valence-corrected chi connectivity index (χ1v) is 5.56. The average Bonchev–Trinajstić information content (AvgIpc) is 2.66. The van der Waals surface area contributed by atoms with Gasteiger partial charge in [0.1, 0.15) is 0 Å². The molecule has 78 valence electrons. The summed E-state index contributed by atoms with van der Waals surface area (Å²) >= 11 is 1.61. The van der Waals surface area contributed by atoms with Crippen LogP contribution in [-0.2, 0) is 11.2 Å². The largest absolute Gasteiger partial charge is 0.354 e. The second-order valence-electron chi connectivity index (χ2n) is 3.25. The number of carbonyl (C=O) groups excluding carboxylic acids is 1. The second-order valence-corrected chi connectivity index (χ2v) is 4.28. The molecule has 14 heavy (non-hydrogen) atoms. The van der Waals surface area contributed by atoms with Crippen molar-refractivity contribution < 1.29 is 4.79 Å². The molecule has 4 heteroatoms. The Balaban J connectivity index is 2.23. The number of rotatable bonds is 5. The van der Waals surface area contributed by atoms with Crippen LogP contribution in [0.1, 0.15) is 11.8 Å². The third-order valence-corrected chi connectivity index (χ3v) is 2.89. The van der Waals surface area contributed by atoms with E-state index < -0.39 is 0 Å². The van der Waals surface area contributed by atoms with Crippen LogP contribution < -0.4 is 10.6 Å². The van der Waals surface area contributed by atoms with Gasteiger partial charge in [0, 0.05) is 17.5 Å². The molecule has 0 bridgehead atoms. The average molecular weight is 212 g/mol. The molecule has 1 atom stereocenters.